The molecule has 1 heterocycles. The van der Waals surface area contributed by atoms with Gasteiger partial charge in [0.05, 0.1) is 17.6 Å². The van der Waals surface area contributed by atoms with E-state index < -0.39 is 11.7 Å². The molecule has 1 amide bonds. The minimum absolute atomic E-state index is 0.102. The highest BCUT2D eigenvalue weighted by atomic mass is 35.5. The number of carbonyl (C=O) groups is 1. The highest BCUT2D eigenvalue weighted by Crippen LogP contribution is 2.25. The fourth-order valence-corrected chi connectivity index (χ4v) is 2.67. The summed E-state index contributed by atoms with van der Waals surface area (Å²) >= 11 is 11.9. The van der Waals surface area contributed by atoms with Gasteiger partial charge in [-0.3, -0.25) is 4.79 Å². The maximum absolute atomic E-state index is 13.6. The van der Waals surface area contributed by atoms with Crippen LogP contribution < -0.4 is 10.6 Å². The number of pyridine rings is 1. The minimum atomic E-state index is -0.507. The van der Waals surface area contributed by atoms with E-state index >= 15 is 0 Å². The van der Waals surface area contributed by atoms with Crippen LogP contribution in [0.15, 0.2) is 60.8 Å². The molecule has 0 atom stereocenters. The van der Waals surface area contributed by atoms with Crippen molar-refractivity contribution >= 4 is 46.2 Å². The average molecular weight is 376 g/mol. The van der Waals surface area contributed by atoms with Crippen LogP contribution in [0.25, 0.3) is 0 Å². The third-order valence-electron chi connectivity index (χ3n) is 3.27. The second kappa shape index (κ2) is 7.51. The monoisotopic (exact) mass is 375 g/mol. The summed E-state index contributed by atoms with van der Waals surface area (Å²) in [5, 5.41) is 6.57. The lowest BCUT2D eigenvalue weighted by Gasteiger charge is -2.09. The first kappa shape index (κ1) is 17.2. The smallest absolute Gasteiger partial charge is 0.274 e. The van der Waals surface area contributed by atoms with Crippen molar-refractivity contribution < 1.29 is 9.18 Å². The molecule has 7 heteroatoms. The average Bonchev–Trinajstić information content (AvgIpc) is 2.56. The van der Waals surface area contributed by atoms with Gasteiger partial charge in [-0.25, -0.2) is 9.37 Å². The summed E-state index contributed by atoms with van der Waals surface area (Å²) in [4.78, 5) is 16.2. The van der Waals surface area contributed by atoms with Crippen LogP contribution in [-0.4, -0.2) is 10.9 Å². The van der Waals surface area contributed by atoms with E-state index in [1.54, 1.807) is 36.4 Å². The standard InChI is InChI=1S/C18H12Cl2FN3O/c19-11-7-12(20)9-14(8-11)23-13-5-6-17(22-10-13)18(25)24-16-4-2-1-3-15(16)21/h1-10,23H,(H,24,25). The summed E-state index contributed by atoms with van der Waals surface area (Å²) in [7, 11) is 0. The van der Waals surface area contributed by atoms with Crippen LogP contribution in [0, 0.1) is 5.82 Å². The number of halogens is 3. The van der Waals surface area contributed by atoms with Crippen molar-refractivity contribution in [3.63, 3.8) is 0 Å². The van der Waals surface area contributed by atoms with Gasteiger partial charge in [-0.15, -0.1) is 0 Å². The van der Waals surface area contributed by atoms with Crippen molar-refractivity contribution in [2.24, 2.45) is 0 Å². The van der Waals surface area contributed by atoms with Crippen LogP contribution in [0.2, 0.25) is 10.0 Å². The number of hydrogen-bond donors (Lipinski definition) is 2. The molecule has 0 unspecified atom stereocenters. The number of hydrogen-bond acceptors (Lipinski definition) is 3. The van der Waals surface area contributed by atoms with E-state index in [1.165, 1.54) is 24.4 Å². The molecule has 0 aliphatic heterocycles. The first-order valence-electron chi connectivity index (χ1n) is 7.26. The first-order chi connectivity index (χ1) is 12.0. The van der Waals surface area contributed by atoms with Crippen molar-refractivity contribution in [1.82, 2.24) is 4.98 Å². The maximum atomic E-state index is 13.6. The zero-order valence-corrected chi connectivity index (χ0v) is 14.3. The van der Waals surface area contributed by atoms with E-state index in [2.05, 4.69) is 15.6 Å². The Kier molecular flexibility index (Phi) is 5.16. The van der Waals surface area contributed by atoms with Gasteiger partial charge in [0.1, 0.15) is 11.5 Å². The predicted octanol–water partition coefficient (Wildman–Crippen LogP) is 5.52. The maximum Gasteiger partial charge on any atom is 0.274 e. The molecule has 0 fully saturated rings. The van der Waals surface area contributed by atoms with Gasteiger partial charge in [-0.1, -0.05) is 35.3 Å². The molecule has 2 N–H and O–H groups in total. The molecule has 3 aromatic rings. The van der Waals surface area contributed by atoms with Crippen molar-refractivity contribution in [2.75, 3.05) is 10.6 Å². The zero-order chi connectivity index (χ0) is 17.8. The quantitative estimate of drug-likeness (QED) is 0.630. The van der Waals surface area contributed by atoms with Crippen LogP contribution in [-0.2, 0) is 0 Å². The molecule has 0 bridgehead atoms. The minimum Gasteiger partial charge on any atom is -0.354 e. The lowest BCUT2D eigenvalue weighted by molar-refractivity contribution is 0.102. The van der Waals surface area contributed by atoms with E-state index in [1.807, 2.05) is 0 Å². The molecule has 1 aromatic heterocycles. The summed E-state index contributed by atoms with van der Waals surface area (Å²) in [6.07, 6.45) is 1.49. The molecule has 0 aliphatic rings. The van der Waals surface area contributed by atoms with Crippen LogP contribution >= 0.6 is 23.2 Å². The van der Waals surface area contributed by atoms with Crippen molar-refractivity contribution in [3.05, 3.63) is 82.4 Å². The molecule has 0 saturated heterocycles. The van der Waals surface area contributed by atoms with Gasteiger partial charge in [-0.05, 0) is 42.5 Å². The Hall–Kier alpha value is -2.63. The van der Waals surface area contributed by atoms with E-state index in [-0.39, 0.29) is 11.4 Å². The predicted molar refractivity (Wildman–Crippen MR) is 98.3 cm³/mol. The first-order valence-corrected chi connectivity index (χ1v) is 8.02. The number of rotatable bonds is 4. The topological polar surface area (TPSA) is 54.0 Å². The summed E-state index contributed by atoms with van der Waals surface area (Å²) in [6.45, 7) is 0. The Morgan fingerprint density at radius 3 is 2.32 bits per heavy atom. The highest BCUT2D eigenvalue weighted by molar-refractivity contribution is 6.35. The Morgan fingerprint density at radius 1 is 0.960 bits per heavy atom. The third-order valence-corrected chi connectivity index (χ3v) is 3.71. The van der Waals surface area contributed by atoms with Crippen LogP contribution in [0.1, 0.15) is 10.5 Å². The van der Waals surface area contributed by atoms with E-state index in [4.69, 9.17) is 23.2 Å². The Morgan fingerprint density at radius 2 is 1.68 bits per heavy atom. The number of nitrogens with zero attached hydrogens (tertiary/aromatic N) is 1. The molecule has 4 nitrogen and oxygen atoms in total. The number of anilines is 3. The number of carbonyl (C=O) groups excluding carboxylic acids is 1. The summed E-state index contributed by atoms with van der Waals surface area (Å²) in [5.74, 6) is -1.01. The number of para-hydroxylation sites is 1. The lowest BCUT2D eigenvalue weighted by Crippen LogP contribution is -2.14. The van der Waals surface area contributed by atoms with Crippen LogP contribution in [0.5, 0.6) is 0 Å². The number of amides is 1. The molecule has 25 heavy (non-hydrogen) atoms. The van der Waals surface area contributed by atoms with Crippen LogP contribution in [0.3, 0.4) is 0 Å². The normalized spacial score (nSPS) is 10.4. The molecule has 0 aliphatic carbocycles. The molecule has 0 saturated carbocycles. The molecular formula is C18H12Cl2FN3O. The van der Waals surface area contributed by atoms with Gasteiger partial charge in [0, 0.05) is 15.7 Å². The van der Waals surface area contributed by atoms with Gasteiger partial charge < -0.3 is 10.6 Å². The fourth-order valence-electron chi connectivity index (χ4n) is 2.14. The summed E-state index contributed by atoms with van der Waals surface area (Å²) in [5.41, 5.74) is 1.62. The van der Waals surface area contributed by atoms with Gasteiger partial charge in [0.15, 0.2) is 0 Å². The SMILES string of the molecule is O=C(Nc1ccccc1F)c1ccc(Nc2cc(Cl)cc(Cl)c2)cn1. The highest BCUT2D eigenvalue weighted by Gasteiger charge is 2.10. The third kappa shape index (κ3) is 4.47. The number of benzene rings is 2. The largest absolute Gasteiger partial charge is 0.354 e. The van der Waals surface area contributed by atoms with E-state index in [0.717, 1.165) is 0 Å². The Labute approximate surface area is 153 Å². The molecule has 2 aromatic carbocycles. The second-order valence-electron chi connectivity index (χ2n) is 5.15. The Bertz CT molecular complexity index is 896. The van der Waals surface area contributed by atoms with Crippen molar-refractivity contribution in [2.45, 2.75) is 0 Å². The molecule has 0 spiro atoms. The zero-order valence-electron chi connectivity index (χ0n) is 12.8. The molecule has 3 rings (SSSR count). The fraction of sp³-hybridized carbons (Fsp3) is 0. The van der Waals surface area contributed by atoms with Gasteiger partial charge in [-0.2, -0.15) is 0 Å². The summed E-state index contributed by atoms with van der Waals surface area (Å²) in [6, 6.07) is 14.2. The van der Waals surface area contributed by atoms with Crippen molar-refractivity contribution in [1.29, 1.82) is 0 Å². The number of aromatic nitrogens is 1. The van der Waals surface area contributed by atoms with Crippen LogP contribution in [0.4, 0.5) is 21.5 Å². The molecule has 126 valence electrons. The summed E-state index contributed by atoms with van der Waals surface area (Å²) < 4.78 is 13.6. The van der Waals surface area contributed by atoms with Gasteiger partial charge >= 0.3 is 0 Å². The van der Waals surface area contributed by atoms with Gasteiger partial charge in [0.2, 0.25) is 0 Å². The van der Waals surface area contributed by atoms with Gasteiger partial charge in [0.25, 0.3) is 5.91 Å². The van der Waals surface area contributed by atoms with Crippen molar-refractivity contribution in [3.8, 4) is 0 Å². The van der Waals surface area contributed by atoms with E-state index in [0.29, 0.717) is 21.4 Å². The molecule has 0 radical (unpaired) electrons. The second-order valence-corrected chi connectivity index (χ2v) is 6.02. The van der Waals surface area contributed by atoms with E-state index in [9.17, 15) is 9.18 Å². The molecular weight excluding hydrogens is 364 g/mol. The Balaban J connectivity index is 1.71. The lowest BCUT2D eigenvalue weighted by atomic mass is 10.2. The number of nitrogens with one attached hydrogen (secondary N) is 2.